The van der Waals surface area contributed by atoms with Crippen LogP contribution in [0.4, 0.5) is 18.9 Å². The number of nitrogens with one attached hydrogen (secondary N) is 1. The van der Waals surface area contributed by atoms with Gasteiger partial charge in [-0.1, -0.05) is 6.07 Å². The van der Waals surface area contributed by atoms with Crippen LogP contribution in [0.5, 0.6) is 11.5 Å². The summed E-state index contributed by atoms with van der Waals surface area (Å²) in [7, 11) is 0. The molecule has 4 nitrogen and oxygen atoms in total. The van der Waals surface area contributed by atoms with Gasteiger partial charge in [-0.2, -0.15) is 0 Å². The average molecular weight is 337 g/mol. The summed E-state index contributed by atoms with van der Waals surface area (Å²) in [6, 6.07) is 9.44. The van der Waals surface area contributed by atoms with Crippen LogP contribution in [-0.2, 0) is 0 Å². The van der Waals surface area contributed by atoms with Crippen LogP contribution in [0.1, 0.15) is 34.7 Å². The number of rotatable bonds is 4. The van der Waals surface area contributed by atoms with Gasteiger partial charge in [-0.3, -0.25) is 4.79 Å². The van der Waals surface area contributed by atoms with Gasteiger partial charge in [-0.15, -0.1) is 13.2 Å². The summed E-state index contributed by atoms with van der Waals surface area (Å²) in [4.78, 5) is 12.3. The van der Waals surface area contributed by atoms with Crippen molar-refractivity contribution in [2.24, 2.45) is 0 Å². The zero-order valence-corrected chi connectivity index (χ0v) is 12.4. The number of halogens is 3. The third kappa shape index (κ3) is 3.98. The molecule has 126 valence electrons. The van der Waals surface area contributed by atoms with E-state index in [0.717, 1.165) is 30.5 Å². The number of ether oxygens (including phenoxy) is 1. The maximum atomic E-state index is 12.3. The van der Waals surface area contributed by atoms with Crippen molar-refractivity contribution in [2.75, 3.05) is 5.32 Å². The summed E-state index contributed by atoms with van der Waals surface area (Å²) in [6.45, 7) is 0. The van der Waals surface area contributed by atoms with Crippen LogP contribution in [0.25, 0.3) is 0 Å². The van der Waals surface area contributed by atoms with E-state index in [4.69, 9.17) is 0 Å². The van der Waals surface area contributed by atoms with Crippen LogP contribution in [-0.4, -0.2) is 17.4 Å². The van der Waals surface area contributed by atoms with Crippen molar-refractivity contribution in [3.05, 3.63) is 53.6 Å². The van der Waals surface area contributed by atoms with E-state index in [2.05, 4.69) is 10.1 Å². The molecule has 0 aromatic heterocycles. The number of alkyl halides is 3. The standard InChI is InChI=1S/C17H14F3NO3/c18-17(19,20)24-13-6-3-11(4-7-13)16(23)21-15-9-12(22)5-8-14(15)10-1-2-10/h3-10,22H,1-2H2,(H,21,23). The van der Waals surface area contributed by atoms with E-state index in [1.165, 1.54) is 18.2 Å². The maximum Gasteiger partial charge on any atom is 0.573 e. The van der Waals surface area contributed by atoms with Crippen LogP contribution in [0, 0.1) is 0 Å². The minimum Gasteiger partial charge on any atom is -0.508 e. The number of phenols is 1. The Hall–Kier alpha value is -2.70. The van der Waals surface area contributed by atoms with E-state index in [9.17, 15) is 23.1 Å². The Morgan fingerprint density at radius 2 is 1.79 bits per heavy atom. The second kappa shape index (κ2) is 6.07. The van der Waals surface area contributed by atoms with Crippen molar-refractivity contribution in [2.45, 2.75) is 25.1 Å². The lowest BCUT2D eigenvalue weighted by atomic mass is 10.1. The fraction of sp³-hybridized carbons (Fsp3) is 0.235. The first-order valence-corrected chi connectivity index (χ1v) is 7.32. The highest BCUT2D eigenvalue weighted by Gasteiger charge is 2.31. The maximum absolute atomic E-state index is 12.3. The van der Waals surface area contributed by atoms with E-state index in [0.29, 0.717) is 11.6 Å². The number of carbonyl (C=O) groups excluding carboxylic acids is 1. The molecule has 0 spiro atoms. The van der Waals surface area contributed by atoms with Crippen molar-refractivity contribution in [1.29, 1.82) is 0 Å². The quantitative estimate of drug-likeness (QED) is 0.868. The number of benzene rings is 2. The number of hydrogen-bond donors (Lipinski definition) is 2. The first kappa shape index (κ1) is 16.2. The molecule has 7 heteroatoms. The van der Waals surface area contributed by atoms with Crippen LogP contribution in [0.2, 0.25) is 0 Å². The Kier molecular flexibility index (Phi) is 4.09. The van der Waals surface area contributed by atoms with Gasteiger partial charge in [0.2, 0.25) is 0 Å². The summed E-state index contributed by atoms with van der Waals surface area (Å²) in [6.07, 6.45) is -2.72. The van der Waals surface area contributed by atoms with E-state index in [1.54, 1.807) is 12.1 Å². The molecule has 2 aromatic carbocycles. The van der Waals surface area contributed by atoms with E-state index >= 15 is 0 Å². The van der Waals surface area contributed by atoms with Gasteiger partial charge in [0.15, 0.2) is 0 Å². The number of hydrogen-bond acceptors (Lipinski definition) is 3. The molecule has 24 heavy (non-hydrogen) atoms. The molecule has 0 aliphatic heterocycles. The topological polar surface area (TPSA) is 58.6 Å². The predicted molar refractivity (Wildman–Crippen MR) is 81.2 cm³/mol. The summed E-state index contributed by atoms with van der Waals surface area (Å²) in [5.41, 5.74) is 1.64. The molecule has 0 bridgehead atoms. The molecule has 0 atom stereocenters. The number of aromatic hydroxyl groups is 1. The monoisotopic (exact) mass is 337 g/mol. The summed E-state index contributed by atoms with van der Waals surface area (Å²) in [5.74, 6) is -0.469. The second-order valence-electron chi connectivity index (χ2n) is 5.57. The van der Waals surface area contributed by atoms with Crippen molar-refractivity contribution < 1.29 is 27.8 Å². The van der Waals surface area contributed by atoms with Gasteiger partial charge < -0.3 is 15.2 Å². The average Bonchev–Trinajstić information content (AvgIpc) is 3.31. The Balaban J connectivity index is 1.74. The van der Waals surface area contributed by atoms with Crippen LogP contribution < -0.4 is 10.1 Å². The van der Waals surface area contributed by atoms with Crippen LogP contribution >= 0.6 is 0 Å². The van der Waals surface area contributed by atoms with E-state index < -0.39 is 18.0 Å². The van der Waals surface area contributed by atoms with Crippen molar-refractivity contribution in [1.82, 2.24) is 0 Å². The predicted octanol–water partition coefficient (Wildman–Crippen LogP) is 4.42. The van der Waals surface area contributed by atoms with Gasteiger partial charge in [-0.25, -0.2) is 0 Å². The first-order valence-electron chi connectivity index (χ1n) is 7.32. The Bertz CT molecular complexity index is 753. The highest BCUT2D eigenvalue weighted by molar-refractivity contribution is 6.04. The van der Waals surface area contributed by atoms with Crippen molar-refractivity contribution >= 4 is 11.6 Å². The van der Waals surface area contributed by atoms with Gasteiger partial charge in [-0.05, 0) is 54.7 Å². The Morgan fingerprint density at radius 3 is 2.38 bits per heavy atom. The Labute approximate surface area is 135 Å². The van der Waals surface area contributed by atoms with Gasteiger partial charge in [0, 0.05) is 17.3 Å². The molecule has 2 aromatic rings. The third-order valence-corrected chi connectivity index (χ3v) is 3.65. The van der Waals surface area contributed by atoms with Crippen molar-refractivity contribution in [3.8, 4) is 11.5 Å². The molecule has 3 rings (SSSR count). The smallest absolute Gasteiger partial charge is 0.508 e. The van der Waals surface area contributed by atoms with Gasteiger partial charge in [0.1, 0.15) is 11.5 Å². The highest BCUT2D eigenvalue weighted by atomic mass is 19.4. The molecule has 0 heterocycles. The fourth-order valence-electron chi connectivity index (χ4n) is 2.41. The number of phenolic OH excluding ortho intramolecular Hbond substituents is 1. The molecule has 0 unspecified atom stereocenters. The summed E-state index contributed by atoms with van der Waals surface area (Å²) < 4.78 is 40.1. The Morgan fingerprint density at radius 1 is 1.12 bits per heavy atom. The number of carbonyl (C=O) groups is 1. The molecular formula is C17H14F3NO3. The molecule has 1 fully saturated rings. The SMILES string of the molecule is O=C(Nc1cc(O)ccc1C1CC1)c1ccc(OC(F)(F)F)cc1. The van der Waals surface area contributed by atoms with E-state index in [-0.39, 0.29) is 11.3 Å². The molecule has 1 saturated carbocycles. The molecule has 1 aliphatic rings. The molecular weight excluding hydrogens is 323 g/mol. The van der Waals surface area contributed by atoms with Crippen molar-refractivity contribution in [3.63, 3.8) is 0 Å². The van der Waals surface area contributed by atoms with Gasteiger partial charge in [0.05, 0.1) is 0 Å². The molecule has 1 amide bonds. The lowest BCUT2D eigenvalue weighted by Crippen LogP contribution is -2.17. The summed E-state index contributed by atoms with van der Waals surface area (Å²) >= 11 is 0. The van der Waals surface area contributed by atoms with Gasteiger partial charge >= 0.3 is 6.36 Å². The zero-order valence-electron chi connectivity index (χ0n) is 12.4. The van der Waals surface area contributed by atoms with Crippen LogP contribution in [0.3, 0.4) is 0 Å². The van der Waals surface area contributed by atoms with Gasteiger partial charge in [0.25, 0.3) is 5.91 Å². The zero-order chi connectivity index (χ0) is 17.3. The lowest BCUT2D eigenvalue weighted by molar-refractivity contribution is -0.274. The fourth-order valence-corrected chi connectivity index (χ4v) is 2.41. The van der Waals surface area contributed by atoms with Crippen LogP contribution in [0.15, 0.2) is 42.5 Å². The largest absolute Gasteiger partial charge is 0.573 e. The minimum atomic E-state index is -4.77. The number of amides is 1. The molecule has 2 N–H and O–H groups in total. The first-order chi connectivity index (χ1) is 11.3. The molecule has 0 radical (unpaired) electrons. The molecule has 0 saturated heterocycles. The third-order valence-electron chi connectivity index (χ3n) is 3.65. The number of anilines is 1. The van der Waals surface area contributed by atoms with E-state index in [1.807, 2.05) is 0 Å². The highest BCUT2D eigenvalue weighted by Crippen LogP contribution is 2.44. The summed E-state index contributed by atoms with van der Waals surface area (Å²) in [5, 5.41) is 12.3. The normalized spacial score (nSPS) is 14.3. The second-order valence-corrected chi connectivity index (χ2v) is 5.57. The molecule has 1 aliphatic carbocycles. The lowest BCUT2D eigenvalue weighted by Gasteiger charge is -2.12. The minimum absolute atomic E-state index is 0.0311.